The largest absolute Gasteiger partial charge is 0.489 e. The van der Waals surface area contributed by atoms with E-state index in [4.69, 9.17) is 4.74 Å². The molecule has 0 bridgehead atoms. The predicted molar refractivity (Wildman–Crippen MR) is 131 cm³/mol. The second kappa shape index (κ2) is 10.2. The molecule has 0 aromatic heterocycles. The number of fused-ring (bicyclic) bond motifs is 1. The monoisotopic (exact) mass is 437 g/mol. The zero-order valence-electron chi connectivity index (χ0n) is 18.1. The van der Waals surface area contributed by atoms with Crippen LogP contribution in [0.15, 0.2) is 96.1 Å². The zero-order valence-corrected chi connectivity index (χ0v) is 18.1. The van der Waals surface area contributed by atoms with Gasteiger partial charge in [-0.1, -0.05) is 54.6 Å². The number of hydrogen-bond acceptors (Lipinski definition) is 4. The van der Waals surface area contributed by atoms with Gasteiger partial charge in [-0.2, -0.15) is 5.10 Å². The van der Waals surface area contributed by atoms with Gasteiger partial charge in [-0.3, -0.25) is 9.59 Å². The summed E-state index contributed by atoms with van der Waals surface area (Å²) in [5.41, 5.74) is 5.48. The van der Waals surface area contributed by atoms with Crippen molar-refractivity contribution < 1.29 is 14.3 Å². The van der Waals surface area contributed by atoms with Crippen molar-refractivity contribution >= 4 is 34.5 Å². The molecule has 0 saturated heterocycles. The Balaban J connectivity index is 1.29. The first-order chi connectivity index (χ1) is 16.1. The fourth-order valence-corrected chi connectivity index (χ4v) is 3.26. The second-order valence-corrected chi connectivity index (χ2v) is 7.50. The summed E-state index contributed by atoms with van der Waals surface area (Å²) in [5, 5.41) is 8.99. The minimum atomic E-state index is -0.303. The molecule has 4 rings (SSSR count). The summed E-state index contributed by atoms with van der Waals surface area (Å²) in [6.45, 7) is 1.86. The molecule has 2 amide bonds. The van der Waals surface area contributed by atoms with Gasteiger partial charge in [0.25, 0.3) is 5.91 Å². The molecule has 0 aliphatic heterocycles. The molecule has 0 saturated carbocycles. The third kappa shape index (κ3) is 6.04. The molecule has 164 valence electrons. The lowest BCUT2D eigenvalue weighted by molar-refractivity contribution is -0.114. The average Bonchev–Trinajstić information content (AvgIpc) is 2.83. The van der Waals surface area contributed by atoms with Crippen molar-refractivity contribution in [3.05, 3.63) is 108 Å². The van der Waals surface area contributed by atoms with Crippen molar-refractivity contribution in [2.24, 2.45) is 5.10 Å². The smallest absolute Gasteiger partial charge is 0.271 e. The van der Waals surface area contributed by atoms with Gasteiger partial charge in [0.15, 0.2) is 0 Å². The van der Waals surface area contributed by atoms with Crippen molar-refractivity contribution in [3.63, 3.8) is 0 Å². The van der Waals surface area contributed by atoms with Gasteiger partial charge in [-0.25, -0.2) is 5.43 Å². The lowest BCUT2D eigenvalue weighted by Crippen LogP contribution is -2.17. The van der Waals surface area contributed by atoms with Crippen LogP contribution in [0.1, 0.15) is 28.4 Å². The first-order valence-electron chi connectivity index (χ1n) is 10.5. The van der Waals surface area contributed by atoms with Crippen molar-refractivity contribution in [2.75, 3.05) is 5.32 Å². The molecule has 0 aliphatic carbocycles. The highest BCUT2D eigenvalue weighted by atomic mass is 16.5. The van der Waals surface area contributed by atoms with Gasteiger partial charge in [-0.05, 0) is 58.3 Å². The molecule has 0 heterocycles. The minimum Gasteiger partial charge on any atom is -0.489 e. The van der Waals surface area contributed by atoms with Crippen molar-refractivity contribution in [1.29, 1.82) is 0 Å². The minimum absolute atomic E-state index is 0.130. The highest BCUT2D eigenvalue weighted by molar-refractivity contribution is 5.95. The molecule has 0 spiro atoms. The molecule has 0 fully saturated rings. The van der Waals surface area contributed by atoms with E-state index in [2.05, 4.69) is 28.0 Å². The Morgan fingerprint density at radius 1 is 0.879 bits per heavy atom. The third-order valence-electron chi connectivity index (χ3n) is 4.95. The summed E-state index contributed by atoms with van der Waals surface area (Å²) in [5.74, 6) is 0.369. The van der Waals surface area contributed by atoms with E-state index in [1.54, 1.807) is 42.6 Å². The van der Waals surface area contributed by atoms with Gasteiger partial charge in [0.1, 0.15) is 12.4 Å². The van der Waals surface area contributed by atoms with Crippen LogP contribution in [0, 0.1) is 0 Å². The summed E-state index contributed by atoms with van der Waals surface area (Å²) in [6.07, 6.45) is 1.54. The number of amides is 2. The van der Waals surface area contributed by atoms with Gasteiger partial charge < -0.3 is 10.1 Å². The molecule has 6 heteroatoms. The SMILES string of the molecule is CC(=O)Nc1ccc(/C=N/NC(=O)c2ccc(COc3ccc4ccccc4c3)cc2)cc1. The van der Waals surface area contributed by atoms with E-state index >= 15 is 0 Å². The number of nitrogens with zero attached hydrogens (tertiary/aromatic N) is 1. The molecule has 2 N–H and O–H groups in total. The Labute approximate surface area is 191 Å². The van der Waals surface area contributed by atoms with Crippen LogP contribution in [0.4, 0.5) is 5.69 Å². The Morgan fingerprint density at radius 2 is 1.61 bits per heavy atom. The van der Waals surface area contributed by atoms with Gasteiger partial charge >= 0.3 is 0 Å². The Kier molecular flexibility index (Phi) is 6.75. The first kappa shape index (κ1) is 21.8. The molecule has 0 radical (unpaired) electrons. The fourth-order valence-electron chi connectivity index (χ4n) is 3.26. The van der Waals surface area contributed by atoms with Gasteiger partial charge in [0.2, 0.25) is 5.91 Å². The highest BCUT2D eigenvalue weighted by Gasteiger charge is 2.05. The number of anilines is 1. The zero-order chi connectivity index (χ0) is 23.0. The molecule has 33 heavy (non-hydrogen) atoms. The standard InChI is InChI=1S/C27H23N3O3/c1-19(31)29-25-13-8-20(9-14-25)17-28-30-27(32)23-10-6-21(7-11-23)18-33-26-15-12-22-4-2-3-5-24(22)16-26/h2-17H,18H2,1H3,(H,29,31)(H,30,32)/b28-17+. The topological polar surface area (TPSA) is 79.8 Å². The molecule has 4 aromatic rings. The maximum Gasteiger partial charge on any atom is 0.271 e. The van der Waals surface area contributed by atoms with Crippen LogP contribution in [0.25, 0.3) is 10.8 Å². The number of benzene rings is 4. The number of ether oxygens (including phenoxy) is 1. The van der Waals surface area contributed by atoms with Crippen molar-refractivity contribution in [3.8, 4) is 5.75 Å². The van der Waals surface area contributed by atoms with Gasteiger partial charge in [0.05, 0.1) is 6.21 Å². The summed E-state index contributed by atoms with van der Waals surface area (Å²) in [6, 6.07) is 28.5. The molecule has 0 aliphatic rings. The molecule has 6 nitrogen and oxygen atoms in total. The quantitative estimate of drug-likeness (QED) is 0.310. The Hall–Kier alpha value is -4.45. The van der Waals surface area contributed by atoms with Crippen LogP contribution in [-0.2, 0) is 11.4 Å². The van der Waals surface area contributed by atoms with Crippen LogP contribution in [0.3, 0.4) is 0 Å². The van der Waals surface area contributed by atoms with E-state index in [-0.39, 0.29) is 11.8 Å². The molecule has 4 aromatic carbocycles. The van der Waals surface area contributed by atoms with Gasteiger partial charge in [-0.15, -0.1) is 0 Å². The summed E-state index contributed by atoms with van der Waals surface area (Å²) in [7, 11) is 0. The van der Waals surface area contributed by atoms with E-state index in [1.807, 2.05) is 42.5 Å². The van der Waals surface area contributed by atoms with E-state index in [1.165, 1.54) is 12.3 Å². The number of carbonyl (C=O) groups is 2. The summed E-state index contributed by atoms with van der Waals surface area (Å²) >= 11 is 0. The van der Waals surface area contributed by atoms with Crippen molar-refractivity contribution in [1.82, 2.24) is 5.43 Å². The number of nitrogens with one attached hydrogen (secondary N) is 2. The maximum absolute atomic E-state index is 12.3. The summed E-state index contributed by atoms with van der Waals surface area (Å²) in [4.78, 5) is 23.4. The van der Waals surface area contributed by atoms with Crippen LogP contribution < -0.4 is 15.5 Å². The number of rotatable bonds is 7. The fraction of sp³-hybridized carbons (Fsp3) is 0.0741. The van der Waals surface area contributed by atoms with Gasteiger partial charge in [0, 0.05) is 18.2 Å². The Morgan fingerprint density at radius 3 is 2.33 bits per heavy atom. The molecule has 0 atom stereocenters. The van der Waals surface area contributed by atoms with Crippen LogP contribution >= 0.6 is 0 Å². The number of carbonyl (C=O) groups excluding carboxylic acids is 2. The lowest BCUT2D eigenvalue weighted by Gasteiger charge is -2.08. The van der Waals surface area contributed by atoms with Crippen LogP contribution in [0.2, 0.25) is 0 Å². The highest BCUT2D eigenvalue weighted by Crippen LogP contribution is 2.21. The maximum atomic E-state index is 12.3. The number of hydrogen-bond donors (Lipinski definition) is 2. The van der Waals surface area contributed by atoms with E-state index < -0.39 is 0 Å². The Bertz CT molecular complexity index is 1300. The van der Waals surface area contributed by atoms with Crippen LogP contribution in [-0.4, -0.2) is 18.0 Å². The average molecular weight is 437 g/mol. The lowest BCUT2D eigenvalue weighted by atomic mass is 10.1. The van der Waals surface area contributed by atoms with Crippen LogP contribution in [0.5, 0.6) is 5.75 Å². The molecular weight excluding hydrogens is 414 g/mol. The summed E-state index contributed by atoms with van der Waals surface area (Å²) < 4.78 is 5.90. The van der Waals surface area contributed by atoms with E-state index in [0.29, 0.717) is 17.9 Å². The normalized spacial score (nSPS) is 10.8. The van der Waals surface area contributed by atoms with E-state index in [0.717, 1.165) is 22.3 Å². The molecular formula is C27H23N3O3. The third-order valence-corrected chi connectivity index (χ3v) is 4.95. The first-order valence-corrected chi connectivity index (χ1v) is 10.5. The molecule has 0 unspecified atom stereocenters. The van der Waals surface area contributed by atoms with E-state index in [9.17, 15) is 9.59 Å². The second-order valence-electron chi connectivity index (χ2n) is 7.50. The predicted octanol–water partition coefficient (Wildman–Crippen LogP) is 5.14. The van der Waals surface area contributed by atoms with Crippen molar-refractivity contribution in [2.45, 2.75) is 13.5 Å². The number of hydrazone groups is 1.